The highest BCUT2D eigenvalue weighted by Gasteiger charge is 2.61. The number of carbonyl (C=O) groups excluding carboxylic acids is 1. The summed E-state index contributed by atoms with van der Waals surface area (Å²) in [4.78, 5) is 16.7. The minimum Gasteiger partial charge on any atom is -0.441 e. The van der Waals surface area contributed by atoms with Gasteiger partial charge < -0.3 is 9.73 Å². The number of nitrogens with zero attached hydrogens (tertiary/aromatic N) is 1. The van der Waals surface area contributed by atoms with E-state index in [1.54, 1.807) is 18.3 Å². The molecule has 1 N–H and O–H groups in total. The van der Waals surface area contributed by atoms with E-state index in [0.29, 0.717) is 30.4 Å². The molecule has 0 radical (unpaired) electrons. The highest BCUT2D eigenvalue weighted by atomic mass is 19.1. The molecule has 1 amide bonds. The van der Waals surface area contributed by atoms with E-state index in [1.165, 1.54) is 25.0 Å². The van der Waals surface area contributed by atoms with Gasteiger partial charge in [0, 0.05) is 24.4 Å². The summed E-state index contributed by atoms with van der Waals surface area (Å²) < 4.78 is 18.7. The molecule has 0 saturated heterocycles. The number of hydrogen-bond acceptors (Lipinski definition) is 3. The topological polar surface area (TPSA) is 55.1 Å². The van der Waals surface area contributed by atoms with E-state index in [1.807, 2.05) is 0 Å². The van der Waals surface area contributed by atoms with E-state index < -0.39 is 0 Å². The Balaban J connectivity index is 1.33. The number of fused-ring (bicyclic) bond motifs is 2. The second-order valence-electron chi connectivity index (χ2n) is 8.86. The van der Waals surface area contributed by atoms with Crippen molar-refractivity contribution in [3.8, 4) is 11.3 Å². The van der Waals surface area contributed by atoms with Crippen molar-refractivity contribution in [2.24, 2.45) is 16.7 Å². The fourth-order valence-corrected chi connectivity index (χ4v) is 5.08. The van der Waals surface area contributed by atoms with Crippen LogP contribution in [0.5, 0.6) is 0 Å². The Morgan fingerprint density at radius 1 is 1.30 bits per heavy atom. The first-order valence-electron chi connectivity index (χ1n) is 9.79. The summed E-state index contributed by atoms with van der Waals surface area (Å²) in [5, 5.41) is 3.27. The molecule has 144 valence electrons. The second kappa shape index (κ2) is 6.47. The van der Waals surface area contributed by atoms with Crippen LogP contribution in [0.25, 0.3) is 11.3 Å². The number of nitrogens with one attached hydrogen (secondary N) is 1. The highest BCUT2D eigenvalue weighted by molar-refractivity contribution is 5.76. The number of halogens is 1. The smallest absolute Gasteiger partial charge is 0.220 e. The van der Waals surface area contributed by atoms with Gasteiger partial charge in [0.1, 0.15) is 5.82 Å². The standard InChI is InChI=1S/C22H27FN2O2/c1-21(2)15-10-11-22(21,3)18(12-15)25-19(26)8-9-20-24-13-17(27-20)14-4-6-16(23)7-5-14/h4-7,13,15,18H,8-12H2,1-3H3,(H,25,26). The van der Waals surface area contributed by atoms with Gasteiger partial charge in [0.25, 0.3) is 0 Å². The molecule has 3 unspecified atom stereocenters. The fourth-order valence-electron chi connectivity index (χ4n) is 5.08. The van der Waals surface area contributed by atoms with E-state index in [2.05, 4.69) is 31.1 Å². The number of aromatic nitrogens is 1. The number of amides is 1. The fraction of sp³-hybridized carbons (Fsp3) is 0.545. The van der Waals surface area contributed by atoms with Gasteiger partial charge in [0.2, 0.25) is 5.91 Å². The van der Waals surface area contributed by atoms with Gasteiger partial charge in [-0.3, -0.25) is 4.79 Å². The lowest BCUT2D eigenvalue weighted by molar-refractivity contribution is -0.122. The molecule has 2 fully saturated rings. The van der Waals surface area contributed by atoms with Gasteiger partial charge in [-0.2, -0.15) is 0 Å². The normalized spacial score (nSPS) is 28.4. The maximum absolute atomic E-state index is 13.0. The molecule has 5 heteroatoms. The molecular formula is C22H27FN2O2. The van der Waals surface area contributed by atoms with Gasteiger partial charge >= 0.3 is 0 Å². The van der Waals surface area contributed by atoms with Gasteiger partial charge in [0.05, 0.1) is 6.20 Å². The molecule has 4 rings (SSSR count). The Hall–Kier alpha value is -2.17. The summed E-state index contributed by atoms with van der Waals surface area (Å²) in [6.45, 7) is 7.02. The maximum atomic E-state index is 13.0. The van der Waals surface area contributed by atoms with Crippen LogP contribution in [-0.4, -0.2) is 16.9 Å². The average molecular weight is 370 g/mol. The number of aryl methyl sites for hydroxylation is 1. The summed E-state index contributed by atoms with van der Waals surface area (Å²) in [7, 11) is 0. The van der Waals surface area contributed by atoms with Gasteiger partial charge in [-0.1, -0.05) is 20.8 Å². The third-order valence-corrected chi connectivity index (χ3v) is 7.38. The van der Waals surface area contributed by atoms with Crippen molar-refractivity contribution in [2.45, 2.75) is 58.9 Å². The molecule has 1 aromatic heterocycles. The van der Waals surface area contributed by atoms with Crippen molar-refractivity contribution in [2.75, 3.05) is 0 Å². The van der Waals surface area contributed by atoms with Gasteiger partial charge in [0.15, 0.2) is 11.7 Å². The molecule has 2 aliphatic carbocycles. The predicted molar refractivity (Wildman–Crippen MR) is 101 cm³/mol. The van der Waals surface area contributed by atoms with E-state index in [9.17, 15) is 9.18 Å². The Labute approximate surface area is 159 Å². The number of oxazole rings is 1. The maximum Gasteiger partial charge on any atom is 0.220 e. The second-order valence-corrected chi connectivity index (χ2v) is 8.86. The third kappa shape index (κ3) is 3.07. The van der Waals surface area contributed by atoms with Crippen molar-refractivity contribution >= 4 is 5.91 Å². The highest BCUT2D eigenvalue weighted by Crippen LogP contribution is 2.65. The van der Waals surface area contributed by atoms with Crippen LogP contribution in [0.4, 0.5) is 4.39 Å². The van der Waals surface area contributed by atoms with Crippen LogP contribution in [0.1, 0.15) is 52.3 Å². The summed E-state index contributed by atoms with van der Waals surface area (Å²) in [5.41, 5.74) is 1.25. The summed E-state index contributed by atoms with van der Waals surface area (Å²) >= 11 is 0. The monoisotopic (exact) mass is 370 g/mol. The Bertz CT molecular complexity index is 842. The van der Waals surface area contributed by atoms with E-state index in [-0.39, 0.29) is 28.6 Å². The molecule has 1 heterocycles. The number of carbonyl (C=O) groups is 1. The van der Waals surface area contributed by atoms with Crippen molar-refractivity contribution in [1.82, 2.24) is 10.3 Å². The lowest BCUT2D eigenvalue weighted by atomic mass is 9.69. The Kier molecular flexibility index (Phi) is 4.36. The zero-order valence-electron chi connectivity index (χ0n) is 16.2. The minimum atomic E-state index is -0.285. The number of rotatable bonds is 5. The molecule has 3 atom stereocenters. The molecule has 2 saturated carbocycles. The van der Waals surface area contributed by atoms with Crippen LogP contribution in [0.15, 0.2) is 34.9 Å². The molecule has 0 spiro atoms. The van der Waals surface area contributed by atoms with E-state index in [4.69, 9.17) is 4.42 Å². The first kappa shape index (κ1) is 18.2. The molecule has 27 heavy (non-hydrogen) atoms. The molecule has 0 aliphatic heterocycles. The first-order valence-corrected chi connectivity index (χ1v) is 9.79. The summed E-state index contributed by atoms with van der Waals surface area (Å²) in [6.07, 6.45) is 6.00. The Morgan fingerprint density at radius 2 is 2.04 bits per heavy atom. The van der Waals surface area contributed by atoms with Gasteiger partial charge in [-0.25, -0.2) is 9.37 Å². The van der Waals surface area contributed by atoms with Crippen LogP contribution in [-0.2, 0) is 11.2 Å². The van der Waals surface area contributed by atoms with Gasteiger partial charge in [-0.15, -0.1) is 0 Å². The quantitative estimate of drug-likeness (QED) is 0.827. The molecule has 2 bridgehead atoms. The van der Waals surface area contributed by atoms with Crippen molar-refractivity contribution < 1.29 is 13.6 Å². The van der Waals surface area contributed by atoms with Crippen molar-refractivity contribution in [3.05, 3.63) is 42.2 Å². The first-order chi connectivity index (χ1) is 12.8. The lowest BCUT2D eigenvalue weighted by Crippen LogP contribution is -2.46. The molecule has 2 aromatic rings. The molecule has 2 aliphatic rings. The van der Waals surface area contributed by atoms with Crippen LogP contribution in [0.3, 0.4) is 0 Å². The van der Waals surface area contributed by atoms with Crippen LogP contribution in [0, 0.1) is 22.6 Å². The zero-order chi connectivity index (χ0) is 19.2. The van der Waals surface area contributed by atoms with Crippen LogP contribution in [0.2, 0.25) is 0 Å². The average Bonchev–Trinajstić information content (AvgIpc) is 3.24. The zero-order valence-corrected chi connectivity index (χ0v) is 16.2. The Morgan fingerprint density at radius 3 is 2.67 bits per heavy atom. The molecule has 1 aromatic carbocycles. The molecular weight excluding hydrogens is 343 g/mol. The number of hydrogen-bond donors (Lipinski definition) is 1. The largest absolute Gasteiger partial charge is 0.441 e. The van der Waals surface area contributed by atoms with E-state index >= 15 is 0 Å². The van der Waals surface area contributed by atoms with E-state index in [0.717, 1.165) is 12.0 Å². The SMILES string of the molecule is CC1(C)C2CCC1(C)C(NC(=O)CCc1ncc(-c3ccc(F)cc3)o1)C2. The number of benzene rings is 1. The summed E-state index contributed by atoms with van der Waals surface area (Å²) in [6, 6.07) is 6.36. The minimum absolute atomic E-state index is 0.0612. The van der Waals surface area contributed by atoms with Crippen LogP contribution < -0.4 is 5.32 Å². The summed E-state index contributed by atoms with van der Waals surface area (Å²) in [5.74, 6) is 1.60. The third-order valence-electron chi connectivity index (χ3n) is 7.38. The molecule has 4 nitrogen and oxygen atoms in total. The van der Waals surface area contributed by atoms with Crippen molar-refractivity contribution in [1.29, 1.82) is 0 Å². The van der Waals surface area contributed by atoms with Crippen LogP contribution >= 0.6 is 0 Å². The predicted octanol–water partition coefficient (Wildman–Crippen LogP) is 4.74. The lowest BCUT2D eigenvalue weighted by Gasteiger charge is -2.39. The van der Waals surface area contributed by atoms with Crippen molar-refractivity contribution in [3.63, 3.8) is 0 Å². The van der Waals surface area contributed by atoms with Gasteiger partial charge in [-0.05, 0) is 60.3 Å².